The fourth-order valence-electron chi connectivity index (χ4n) is 1.18. The second-order valence-corrected chi connectivity index (χ2v) is 4.94. The first-order valence-electron chi connectivity index (χ1n) is 4.53. The number of thiophene rings is 1. The van der Waals surface area contributed by atoms with Gasteiger partial charge in [-0.3, -0.25) is 9.97 Å². The highest BCUT2D eigenvalue weighted by Gasteiger charge is 1.97. The van der Waals surface area contributed by atoms with Crippen molar-refractivity contribution in [2.75, 3.05) is 0 Å². The van der Waals surface area contributed by atoms with Crippen molar-refractivity contribution in [3.63, 3.8) is 0 Å². The molecule has 0 radical (unpaired) electrons. The van der Waals surface area contributed by atoms with E-state index in [1.54, 1.807) is 29.9 Å². The third-order valence-corrected chi connectivity index (χ3v) is 3.54. The lowest BCUT2D eigenvalue weighted by Gasteiger charge is -2.01. The molecule has 3 nitrogen and oxygen atoms in total. The van der Waals surface area contributed by atoms with Crippen LogP contribution >= 0.6 is 27.3 Å². The van der Waals surface area contributed by atoms with Gasteiger partial charge in [-0.25, -0.2) is 0 Å². The second kappa shape index (κ2) is 5.34. The standard InChI is InChI=1S/C10H10BrN3S/c11-8-3-10(15-7-8)6-13-5-9-4-12-1-2-14-9/h1-4,7,13H,5-6H2. The first-order chi connectivity index (χ1) is 7.34. The number of aromatic nitrogens is 2. The quantitative estimate of drug-likeness (QED) is 0.937. The van der Waals surface area contributed by atoms with Crippen LogP contribution < -0.4 is 5.32 Å². The molecule has 0 aliphatic rings. The van der Waals surface area contributed by atoms with Crippen LogP contribution in [0, 0.1) is 0 Å². The minimum atomic E-state index is 0.753. The lowest BCUT2D eigenvalue weighted by molar-refractivity contribution is 0.683. The molecule has 0 bridgehead atoms. The van der Waals surface area contributed by atoms with Crippen LogP contribution in [-0.2, 0) is 13.1 Å². The molecule has 78 valence electrons. The largest absolute Gasteiger partial charge is 0.306 e. The summed E-state index contributed by atoms with van der Waals surface area (Å²) in [5.41, 5.74) is 0.966. The number of rotatable bonds is 4. The van der Waals surface area contributed by atoms with Crippen LogP contribution in [-0.4, -0.2) is 9.97 Å². The molecule has 0 aromatic carbocycles. The molecule has 0 unspecified atom stereocenters. The van der Waals surface area contributed by atoms with Crippen LogP contribution in [0.4, 0.5) is 0 Å². The summed E-state index contributed by atoms with van der Waals surface area (Å²) in [6, 6.07) is 2.12. The minimum absolute atomic E-state index is 0.753. The van der Waals surface area contributed by atoms with Crippen LogP contribution in [0.1, 0.15) is 10.6 Å². The number of nitrogens with zero attached hydrogens (tertiary/aromatic N) is 2. The average molecular weight is 284 g/mol. The predicted molar refractivity (Wildman–Crippen MR) is 64.6 cm³/mol. The van der Waals surface area contributed by atoms with E-state index in [0.717, 1.165) is 23.3 Å². The molecule has 0 fully saturated rings. The fourth-order valence-corrected chi connectivity index (χ4v) is 2.60. The van der Waals surface area contributed by atoms with E-state index in [1.807, 2.05) is 0 Å². The van der Waals surface area contributed by atoms with Gasteiger partial charge in [-0.05, 0) is 22.0 Å². The highest BCUT2D eigenvalue weighted by Crippen LogP contribution is 2.19. The Morgan fingerprint density at radius 3 is 2.93 bits per heavy atom. The topological polar surface area (TPSA) is 37.8 Å². The number of hydrogen-bond donors (Lipinski definition) is 1. The zero-order valence-corrected chi connectivity index (χ0v) is 10.4. The Hall–Kier alpha value is -0.780. The van der Waals surface area contributed by atoms with E-state index in [4.69, 9.17) is 0 Å². The molecule has 2 rings (SSSR count). The van der Waals surface area contributed by atoms with Gasteiger partial charge in [0, 0.05) is 46.4 Å². The van der Waals surface area contributed by atoms with Crippen molar-refractivity contribution >= 4 is 27.3 Å². The van der Waals surface area contributed by atoms with Crippen LogP contribution in [0.25, 0.3) is 0 Å². The van der Waals surface area contributed by atoms with Crippen molar-refractivity contribution < 1.29 is 0 Å². The normalized spacial score (nSPS) is 10.5. The maximum atomic E-state index is 4.18. The molecule has 2 heterocycles. The highest BCUT2D eigenvalue weighted by molar-refractivity contribution is 9.10. The summed E-state index contributed by atoms with van der Waals surface area (Å²) < 4.78 is 1.14. The lowest BCUT2D eigenvalue weighted by Crippen LogP contribution is -2.12. The molecule has 2 aromatic rings. The van der Waals surface area contributed by atoms with E-state index in [-0.39, 0.29) is 0 Å². The van der Waals surface area contributed by atoms with Gasteiger partial charge in [0.25, 0.3) is 0 Å². The predicted octanol–water partition coefficient (Wildman–Crippen LogP) is 2.59. The van der Waals surface area contributed by atoms with Crippen LogP contribution in [0.3, 0.4) is 0 Å². The van der Waals surface area contributed by atoms with Gasteiger partial charge in [0.05, 0.1) is 5.69 Å². The molecule has 0 atom stereocenters. The van der Waals surface area contributed by atoms with Crippen molar-refractivity contribution in [2.45, 2.75) is 13.1 Å². The van der Waals surface area contributed by atoms with E-state index < -0.39 is 0 Å². The molecule has 5 heteroatoms. The average Bonchev–Trinajstić information content (AvgIpc) is 2.66. The zero-order chi connectivity index (χ0) is 10.5. The second-order valence-electron chi connectivity index (χ2n) is 3.03. The van der Waals surface area contributed by atoms with Gasteiger partial charge < -0.3 is 5.32 Å². The molecule has 2 aromatic heterocycles. The molecule has 0 aliphatic heterocycles. The van der Waals surface area contributed by atoms with Crippen LogP contribution in [0.15, 0.2) is 34.5 Å². The summed E-state index contributed by atoms with van der Waals surface area (Å²) in [6.45, 7) is 1.62. The first-order valence-corrected chi connectivity index (χ1v) is 6.20. The monoisotopic (exact) mass is 283 g/mol. The van der Waals surface area contributed by atoms with Gasteiger partial charge in [0.15, 0.2) is 0 Å². The Bertz CT molecular complexity index is 416. The molecule has 1 N–H and O–H groups in total. The summed E-state index contributed by atoms with van der Waals surface area (Å²) in [5.74, 6) is 0. The Kier molecular flexibility index (Phi) is 3.82. The molecule has 0 amide bonds. The Balaban J connectivity index is 1.80. The SMILES string of the molecule is Brc1csc(CNCc2cnccn2)c1. The zero-order valence-electron chi connectivity index (χ0n) is 7.98. The van der Waals surface area contributed by atoms with Crippen molar-refractivity contribution in [1.29, 1.82) is 0 Å². The fraction of sp³-hybridized carbons (Fsp3) is 0.200. The molecule has 0 saturated carbocycles. The van der Waals surface area contributed by atoms with E-state index in [1.165, 1.54) is 4.88 Å². The number of halogens is 1. The first kappa shape index (κ1) is 10.7. The van der Waals surface area contributed by atoms with Crippen molar-refractivity contribution in [1.82, 2.24) is 15.3 Å². The molecular weight excluding hydrogens is 274 g/mol. The van der Waals surface area contributed by atoms with Crippen molar-refractivity contribution in [3.8, 4) is 0 Å². The summed E-state index contributed by atoms with van der Waals surface area (Å²) in [6.07, 6.45) is 5.16. The maximum absolute atomic E-state index is 4.18. The Labute approximate surface area is 101 Å². The summed E-state index contributed by atoms with van der Waals surface area (Å²) >= 11 is 5.17. The molecule has 0 spiro atoms. The number of nitrogens with one attached hydrogen (secondary N) is 1. The van der Waals surface area contributed by atoms with E-state index in [9.17, 15) is 0 Å². The lowest BCUT2D eigenvalue weighted by atomic mass is 10.4. The van der Waals surface area contributed by atoms with E-state index in [0.29, 0.717) is 0 Å². The summed E-state index contributed by atoms with van der Waals surface area (Å²) in [4.78, 5) is 9.50. The molecule has 0 saturated heterocycles. The van der Waals surface area contributed by atoms with E-state index >= 15 is 0 Å². The van der Waals surface area contributed by atoms with Gasteiger partial charge >= 0.3 is 0 Å². The molecule has 0 aliphatic carbocycles. The van der Waals surface area contributed by atoms with E-state index in [2.05, 4.69) is 42.7 Å². The highest BCUT2D eigenvalue weighted by atomic mass is 79.9. The minimum Gasteiger partial charge on any atom is -0.306 e. The van der Waals surface area contributed by atoms with Gasteiger partial charge in [-0.1, -0.05) is 0 Å². The van der Waals surface area contributed by atoms with Gasteiger partial charge in [-0.15, -0.1) is 11.3 Å². The Morgan fingerprint density at radius 2 is 2.27 bits per heavy atom. The van der Waals surface area contributed by atoms with Crippen molar-refractivity contribution in [3.05, 3.63) is 45.1 Å². The number of hydrogen-bond acceptors (Lipinski definition) is 4. The smallest absolute Gasteiger partial charge is 0.0724 e. The Morgan fingerprint density at radius 1 is 1.33 bits per heavy atom. The third kappa shape index (κ3) is 3.37. The van der Waals surface area contributed by atoms with Gasteiger partial charge in [-0.2, -0.15) is 0 Å². The molecular formula is C10H10BrN3S. The summed E-state index contributed by atoms with van der Waals surface area (Å²) in [5, 5.41) is 5.40. The van der Waals surface area contributed by atoms with Gasteiger partial charge in [0.2, 0.25) is 0 Å². The van der Waals surface area contributed by atoms with Crippen molar-refractivity contribution in [2.24, 2.45) is 0 Å². The third-order valence-electron chi connectivity index (χ3n) is 1.84. The maximum Gasteiger partial charge on any atom is 0.0724 e. The van der Waals surface area contributed by atoms with Crippen LogP contribution in [0.2, 0.25) is 0 Å². The van der Waals surface area contributed by atoms with Gasteiger partial charge in [0.1, 0.15) is 0 Å². The van der Waals surface area contributed by atoms with Crippen LogP contribution in [0.5, 0.6) is 0 Å². The summed E-state index contributed by atoms with van der Waals surface area (Å²) in [7, 11) is 0. The molecule has 15 heavy (non-hydrogen) atoms.